The fourth-order valence-corrected chi connectivity index (χ4v) is 4.25. The van der Waals surface area contributed by atoms with E-state index in [0.717, 1.165) is 30.1 Å². The van der Waals surface area contributed by atoms with Gasteiger partial charge < -0.3 is 9.42 Å². The molecule has 0 unspecified atom stereocenters. The Labute approximate surface area is 166 Å². The summed E-state index contributed by atoms with van der Waals surface area (Å²) in [7, 11) is 0. The smallest absolute Gasteiger partial charge is 0.323 e. The van der Waals surface area contributed by atoms with Gasteiger partial charge in [0.25, 0.3) is 0 Å². The monoisotopic (exact) mass is 400 g/mol. The van der Waals surface area contributed by atoms with Gasteiger partial charge in [-0.05, 0) is 36.8 Å². The molecule has 3 heterocycles. The van der Waals surface area contributed by atoms with Gasteiger partial charge in [0.2, 0.25) is 0 Å². The van der Waals surface area contributed by atoms with Crippen molar-refractivity contribution in [3.8, 4) is 10.4 Å². The molecule has 1 fully saturated rings. The van der Waals surface area contributed by atoms with E-state index in [0.29, 0.717) is 24.7 Å². The fourth-order valence-electron chi connectivity index (χ4n) is 3.20. The number of nitrogens with one attached hydrogen (secondary N) is 1. The topological polar surface area (TPSA) is 61.6 Å². The Morgan fingerprint density at radius 1 is 1.21 bits per heavy atom. The van der Waals surface area contributed by atoms with E-state index in [-0.39, 0.29) is 11.8 Å². The van der Waals surface area contributed by atoms with Gasteiger partial charge in [-0.1, -0.05) is 17.3 Å². The predicted octanol–water partition coefficient (Wildman–Crippen LogP) is 4.20. The van der Waals surface area contributed by atoms with E-state index in [1.807, 2.05) is 12.1 Å². The van der Waals surface area contributed by atoms with Crippen molar-refractivity contribution in [2.45, 2.75) is 13.5 Å². The summed E-state index contributed by atoms with van der Waals surface area (Å²) in [5.74, 6) is 0.879. The molecule has 1 saturated heterocycles. The zero-order valence-corrected chi connectivity index (χ0v) is 16.3. The maximum absolute atomic E-state index is 13.4. The summed E-state index contributed by atoms with van der Waals surface area (Å²) in [4.78, 5) is 18.7. The third-order valence-electron chi connectivity index (χ3n) is 4.67. The zero-order chi connectivity index (χ0) is 19.5. The number of amides is 2. The Morgan fingerprint density at radius 3 is 2.75 bits per heavy atom. The van der Waals surface area contributed by atoms with E-state index in [4.69, 9.17) is 4.52 Å². The number of aromatic nitrogens is 1. The van der Waals surface area contributed by atoms with Crippen molar-refractivity contribution in [2.75, 3.05) is 31.5 Å². The molecule has 1 aromatic carbocycles. The molecule has 2 aromatic heterocycles. The number of anilines is 1. The maximum atomic E-state index is 13.4. The van der Waals surface area contributed by atoms with E-state index in [1.54, 1.807) is 41.4 Å². The van der Waals surface area contributed by atoms with E-state index in [2.05, 4.69) is 21.4 Å². The SMILES string of the molecule is Cc1cc(NC(=O)N2CCN(Cc3ccc(-c4cccc(F)c4)s3)CC2)no1. The first kappa shape index (κ1) is 18.6. The van der Waals surface area contributed by atoms with Crippen molar-refractivity contribution in [1.82, 2.24) is 15.0 Å². The number of aryl methyl sites for hydroxylation is 1. The van der Waals surface area contributed by atoms with Gasteiger partial charge in [0.05, 0.1) is 0 Å². The lowest BCUT2D eigenvalue weighted by Crippen LogP contribution is -2.49. The number of hydrogen-bond acceptors (Lipinski definition) is 5. The number of urea groups is 1. The van der Waals surface area contributed by atoms with Crippen LogP contribution in [0.2, 0.25) is 0 Å². The average Bonchev–Trinajstić information content (AvgIpc) is 3.31. The Balaban J connectivity index is 1.29. The van der Waals surface area contributed by atoms with Crippen LogP contribution < -0.4 is 5.32 Å². The summed E-state index contributed by atoms with van der Waals surface area (Å²) in [6.07, 6.45) is 0. The van der Waals surface area contributed by atoms with Crippen LogP contribution in [0.5, 0.6) is 0 Å². The van der Waals surface area contributed by atoms with Crippen LogP contribution >= 0.6 is 11.3 Å². The van der Waals surface area contributed by atoms with Crippen LogP contribution in [0.3, 0.4) is 0 Å². The molecule has 3 aromatic rings. The Bertz CT molecular complexity index is 963. The maximum Gasteiger partial charge on any atom is 0.323 e. The Kier molecular flexibility index (Phi) is 5.40. The molecule has 146 valence electrons. The molecule has 28 heavy (non-hydrogen) atoms. The molecule has 1 aliphatic rings. The van der Waals surface area contributed by atoms with Crippen LogP contribution in [0.4, 0.5) is 15.0 Å². The van der Waals surface area contributed by atoms with Crippen LogP contribution in [-0.4, -0.2) is 47.2 Å². The van der Waals surface area contributed by atoms with Gasteiger partial charge in [-0.25, -0.2) is 9.18 Å². The molecular formula is C20H21FN4O2S. The van der Waals surface area contributed by atoms with Gasteiger partial charge >= 0.3 is 6.03 Å². The number of rotatable bonds is 4. The van der Waals surface area contributed by atoms with E-state index >= 15 is 0 Å². The van der Waals surface area contributed by atoms with Gasteiger partial charge in [-0.2, -0.15) is 0 Å². The number of carbonyl (C=O) groups is 1. The van der Waals surface area contributed by atoms with Crippen LogP contribution in [0, 0.1) is 12.7 Å². The second-order valence-corrected chi connectivity index (χ2v) is 7.96. The van der Waals surface area contributed by atoms with E-state index in [9.17, 15) is 9.18 Å². The molecule has 0 atom stereocenters. The highest BCUT2D eigenvalue weighted by Crippen LogP contribution is 2.29. The van der Waals surface area contributed by atoms with Gasteiger partial charge in [-0.3, -0.25) is 10.2 Å². The number of piperazine rings is 1. The molecule has 1 N–H and O–H groups in total. The minimum absolute atomic E-state index is 0.155. The van der Waals surface area contributed by atoms with Crippen LogP contribution in [-0.2, 0) is 6.54 Å². The van der Waals surface area contributed by atoms with Crippen molar-refractivity contribution in [3.05, 3.63) is 58.9 Å². The number of carbonyl (C=O) groups excluding carboxylic acids is 1. The standard InChI is InChI=1S/C20H21FN4O2S/c1-14-11-19(23-27-14)22-20(26)25-9-7-24(8-10-25)13-17-5-6-18(28-17)15-3-2-4-16(21)12-15/h2-6,11-12H,7-10,13H2,1H3,(H,22,23,26). The number of nitrogens with zero attached hydrogens (tertiary/aromatic N) is 3. The first-order chi connectivity index (χ1) is 13.6. The highest BCUT2D eigenvalue weighted by Gasteiger charge is 2.22. The highest BCUT2D eigenvalue weighted by atomic mass is 32.1. The quantitative estimate of drug-likeness (QED) is 0.713. The predicted molar refractivity (Wildman–Crippen MR) is 107 cm³/mol. The van der Waals surface area contributed by atoms with Gasteiger partial charge in [-0.15, -0.1) is 11.3 Å². The van der Waals surface area contributed by atoms with Crippen LogP contribution in [0.25, 0.3) is 10.4 Å². The summed E-state index contributed by atoms with van der Waals surface area (Å²) in [5, 5.41) is 6.55. The summed E-state index contributed by atoms with van der Waals surface area (Å²) in [6.45, 7) is 5.54. The molecule has 4 rings (SSSR count). The molecule has 0 radical (unpaired) electrons. The summed E-state index contributed by atoms with van der Waals surface area (Å²) in [5.41, 5.74) is 0.904. The van der Waals surface area contributed by atoms with E-state index < -0.39 is 0 Å². The summed E-state index contributed by atoms with van der Waals surface area (Å²) >= 11 is 1.68. The minimum atomic E-state index is -0.220. The zero-order valence-electron chi connectivity index (χ0n) is 15.5. The first-order valence-electron chi connectivity index (χ1n) is 9.13. The summed E-state index contributed by atoms with van der Waals surface area (Å²) < 4.78 is 18.4. The lowest BCUT2D eigenvalue weighted by molar-refractivity contribution is 0.143. The fraction of sp³-hybridized carbons (Fsp3) is 0.300. The van der Waals surface area contributed by atoms with Crippen molar-refractivity contribution < 1.29 is 13.7 Å². The second-order valence-electron chi connectivity index (χ2n) is 6.79. The first-order valence-corrected chi connectivity index (χ1v) is 9.95. The molecule has 0 spiro atoms. The van der Waals surface area contributed by atoms with Crippen molar-refractivity contribution in [3.63, 3.8) is 0 Å². The number of halogens is 1. The number of benzene rings is 1. The molecule has 0 aliphatic carbocycles. The lowest BCUT2D eigenvalue weighted by Gasteiger charge is -2.34. The van der Waals surface area contributed by atoms with Crippen molar-refractivity contribution >= 4 is 23.2 Å². The minimum Gasteiger partial charge on any atom is -0.360 e. The lowest BCUT2D eigenvalue weighted by atomic mass is 10.2. The average molecular weight is 400 g/mol. The molecule has 0 saturated carbocycles. The molecule has 1 aliphatic heterocycles. The van der Waals surface area contributed by atoms with Crippen LogP contribution in [0.15, 0.2) is 47.0 Å². The van der Waals surface area contributed by atoms with Crippen LogP contribution in [0.1, 0.15) is 10.6 Å². The number of thiophene rings is 1. The molecule has 2 amide bonds. The highest BCUT2D eigenvalue weighted by molar-refractivity contribution is 7.15. The van der Waals surface area contributed by atoms with E-state index in [1.165, 1.54) is 10.9 Å². The second kappa shape index (κ2) is 8.12. The van der Waals surface area contributed by atoms with Gasteiger partial charge in [0, 0.05) is 48.5 Å². The third kappa shape index (κ3) is 4.40. The molecular weight excluding hydrogens is 379 g/mol. The number of hydrogen-bond donors (Lipinski definition) is 1. The normalized spacial score (nSPS) is 15.0. The Morgan fingerprint density at radius 2 is 2.04 bits per heavy atom. The third-order valence-corrected chi connectivity index (χ3v) is 5.79. The molecule has 0 bridgehead atoms. The van der Waals surface area contributed by atoms with Gasteiger partial charge in [0.1, 0.15) is 11.6 Å². The Hall–Kier alpha value is -2.71. The van der Waals surface area contributed by atoms with Crippen molar-refractivity contribution in [1.29, 1.82) is 0 Å². The molecule has 8 heteroatoms. The largest absolute Gasteiger partial charge is 0.360 e. The summed E-state index contributed by atoms with van der Waals surface area (Å²) in [6, 6.07) is 12.3. The van der Waals surface area contributed by atoms with Gasteiger partial charge in [0.15, 0.2) is 5.82 Å². The van der Waals surface area contributed by atoms with Crippen molar-refractivity contribution in [2.24, 2.45) is 0 Å². The molecule has 6 nitrogen and oxygen atoms in total.